The first kappa shape index (κ1) is 28.0. The van der Waals surface area contributed by atoms with E-state index in [4.69, 9.17) is 25.8 Å². The van der Waals surface area contributed by atoms with E-state index in [0.717, 1.165) is 11.1 Å². The third-order valence-electron chi connectivity index (χ3n) is 6.92. The van der Waals surface area contributed by atoms with Gasteiger partial charge in [0.1, 0.15) is 11.5 Å². The fraction of sp³-hybridized carbons (Fsp3) is 0.290. The number of aliphatic hydroxyl groups excluding tert-OH is 1. The summed E-state index contributed by atoms with van der Waals surface area (Å²) in [4.78, 5) is 28.7. The van der Waals surface area contributed by atoms with Crippen LogP contribution in [0.4, 0.5) is 5.69 Å². The SMILES string of the molecule is COc1ccc(C2/C(=C(\O)c3cc(C(C)(C)C)ccc3OC)C(=O)C(=O)N2c2cc(Cl)ccc2C)cc1OC. The molecule has 1 aliphatic rings. The summed E-state index contributed by atoms with van der Waals surface area (Å²) in [6.45, 7) is 7.96. The molecule has 3 aromatic carbocycles. The molecule has 1 fully saturated rings. The molecule has 0 bridgehead atoms. The number of Topliss-reactive ketones (excluding diaryl/α,β-unsaturated/α-hetero) is 1. The molecular formula is C31H32ClNO6. The number of aryl methyl sites for hydroxylation is 1. The van der Waals surface area contributed by atoms with Crippen LogP contribution in [0, 0.1) is 6.92 Å². The quantitative estimate of drug-likeness (QED) is 0.212. The van der Waals surface area contributed by atoms with E-state index in [1.54, 1.807) is 48.5 Å². The second-order valence-electron chi connectivity index (χ2n) is 10.4. The van der Waals surface area contributed by atoms with E-state index in [1.807, 2.05) is 33.8 Å². The van der Waals surface area contributed by atoms with Gasteiger partial charge < -0.3 is 19.3 Å². The van der Waals surface area contributed by atoms with Crippen LogP contribution in [0.25, 0.3) is 5.76 Å². The highest BCUT2D eigenvalue weighted by Gasteiger charge is 2.48. The number of carbonyl (C=O) groups is 2. The van der Waals surface area contributed by atoms with Gasteiger partial charge in [-0.1, -0.05) is 50.6 Å². The first-order valence-electron chi connectivity index (χ1n) is 12.4. The number of ether oxygens (including phenoxy) is 3. The summed E-state index contributed by atoms with van der Waals surface area (Å²) in [5.74, 6) is -0.676. The zero-order chi connectivity index (χ0) is 28.6. The van der Waals surface area contributed by atoms with Crippen molar-refractivity contribution in [2.45, 2.75) is 39.2 Å². The molecule has 0 aliphatic carbocycles. The van der Waals surface area contributed by atoms with Crippen molar-refractivity contribution >= 4 is 34.7 Å². The summed E-state index contributed by atoms with van der Waals surface area (Å²) >= 11 is 6.32. The molecule has 39 heavy (non-hydrogen) atoms. The minimum Gasteiger partial charge on any atom is -0.507 e. The number of anilines is 1. The lowest BCUT2D eigenvalue weighted by Gasteiger charge is -2.27. The zero-order valence-corrected chi connectivity index (χ0v) is 23.8. The van der Waals surface area contributed by atoms with Gasteiger partial charge in [-0.3, -0.25) is 14.5 Å². The van der Waals surface area contributed by atoms with Crippen LogP contribution < -0.4 is 19.1 Å². The Morgan fingerprint density at radius 2 is 1.51 bits per heavy atom. The Kier molecular flexibility index (Phi) is 7.66. The number of aliphatic hydroxyl groups is 1. The van der Waals surface area contributed by atoms with Crippen LogP contribution in [-0.2, 0) is 15.0 Å². The van der Waals surface area contributed by atoms with Gasteiger partial charge in [0, 0.05) is 10.7 Å². The average Bonchev–Trinajstić information content (AvgIpc) is 3.18. The normalized spacial score (nSPS) is 16.9. The van der Waals surface area contributed by atoms with Crippen LogP contribution in [0.3, 0.4) is 0 Å². The van der Waals surface area contributed by atoms with Crippen molar-refractivity contribution in [3.05, 3.63) is 87.4 Å². The minimum atomic E-state index is -0.982. The van der Waals surface area contributed by atoms with Crippen LogP contribution >= 0.6 is 11.6 Å². The highest BCUT2D eigenvalue weighted by Crippen LogP contribution is 2.46. The minimum absolute atomic E-state index is 0.0732. The zero-order valence-electron chi connectivity index (χ0n) is 23.1. The Morgan fingerprint density at radius 1 is 0.872 bits per heavy atom. The number of amides is 1. The number of carbonyl (C=O) groups excluding carboxylic acids is 2. The molecule has 0 radical (unpaired) electrons. The molecular weight excluding hydrogens is 518 g/mol. The summed E-state index contributed by atoms with van der Waals surface area (Å²) in [7, 11) is 4.51. The van der Waals surface area contributed by atoms with Gasteiger partial charge in [-0.25, -0.2) is 0 Å². The molecule has 204 valence electrons. The smallest absolute Gasteiger partial charge is 0.300 e. The van der Waals surface area contributed by atoms with Gasteiger partial charge in [-0.05, 0) is 65.4 Å². The van der Waals surface area contributed by atoms with E-state index >= 15 is 0 Å². The lowest BCUT2D eigenvalue weighted by atomic mass is 9.85. The van der Waals surface area contributed by atoms with E-state index in [1.165, 1.54) is 26.2 Å². The molecule has 7 nitrogen and oxygen atoms in total. The van der Waals surface area contributed by atoms with Crippen molar-refractivity contribution in [2.75, 3.05) is 26.2 Å². The first-order chi connectivity index (χ1) is 18.4. The van der Waals surface area contributed by atoms with Gasteiger partial charge in [0.05, 0.1) is 38.5 Å². The number of rotatable bonds is 6. The molecule has 1 saturated heterocycles. The molecule has 1 atom stereocenters. The van der Waals surface area contributed by atoms with Crippen molar-refractivity contribution in [3.8, 4) is 17.2 Å². The van der Waals surface area contributed by atoms with Gasteiger partial charge in [-0.2, -0.15) is 0 Å². The summed E-state index contributed by atoms with van der Waals surface area (Å²) < 4.78 is 16.5. The lowest BCUT2D eigenvalue weighted by molar-refractivity contribution is -0.132. The number of hydrogen-bond acceptors (Lipinski definition) is 6. The van der Waals surface area contributed by atoms with Crippen molar-refractivity contribution in [1.29, 1.82) is 0 Å². The van der Waals surface area contributed by atoms with Crippen LogP contribution in [0.5, 0.6) is 17.2 Å². The number of hydrogen-bond donors (Lipinski definition) is 1. The lowest BCUT2D eigenvalue weighted by Crippen LogP contribution is -2.30. The molecule has 1 heterocycles. The van der Waals surface area contributed by atoms with Crippen LogP contribution in [0.2, 0.25) is 5.02 Å². The predicted molar refractivity (Wildman–Crippen MR) is 152 cm³/mol. The molecule has 1 N–H and O–H groups in total. The second kappa shape index (κ2) is 10.7. The molecule has 0 saturated carbocycles. The number of halogens is 1. The number of ketones is 1. The Morgan fingerprint density at radius 3 is 2.13 bits per heavy atom. The summed E-state index contributed by atoms with van der Waals surface area (Å²) in [6, 6.07) is 14.7. The first-order valence-corrected chi connectivity index (χ1v) is 12.8. The summed E-state index contributed by atoms with van der Waals surface area (Å²) in [6.07, 6.45) is 0. The average molecular weight is 550 g/mol. The summed E-state index contributed by atoms with van der Waals surface area (Å²) in [5, 5.41) is 12.2. The van der Waals surface area contributed by atoms with Gasteiger partial charge in [0.25, 0.3) is 11.7 Å². The Balaban J connectivity index is 2.06. The van der Waals surface area contributed by atoms with Gasteiger partial charge in [0.2, 0.25) is 0 Å². The molecule has 8 heteroatoms. The van der Waals surface area contributed by atoms with Crippen LogP contribution in [-0.4, -0.2) is 38.1 Å². The fourth-order valence-corrected chi connectivity index (χ4v) is 4.93. The maximum absolute atomic E-state index is 13.7. The molecule has 1 unspecified atom stereocenters. The maximum Gasteiger partial charge on any atom is 0.300 e. The molecule has 1 aliphatic heterocycles. The molecule has 1 amide bonds. The van der Waals surface area contributed by atoms with Crippen molar-refractivity contribution in [2.24, 2.45) is 0 Å². The summed E-state index contributed by atoms with van der Waals surface area (Å²) in [5.41, 5.74) is 2.66. The van der Waals surface area contributed by atoms with E-state index in [0.29, 0.717) is 39.1 Å². The van der Waals surface area contributed by atoms with E-state index < -0.39 is 17.7 Å². The largest absolute Gasteiger partial charge is 0.507 e. The second-order valence-corrected chi connectivity index (χ2v) is 10.8. The van der Waals surface area contributed by atoms with Crippen LogP contribution in [0.1, 0.15) is 49.1 Å². The van der Waals surface area contributed by atoms with Gasteiger partial charge in [0.15, 0.2) is 11.5 Å². The standard InChI is InChI=1S/C31H32ClNO6/c1-17-8-11-20(32)16-22(17)33-27(18-9-12-24(38-6)25(14-18)39-7)26(29(35)30(33)36)28(34)21-15-19(31(2,3)4)10-13-23(21)37-5/h8-16,27,34H,1-7H3/b28-26+. The van der Waals surface area contributed by atoms with Gasteiger partial charge >= 0.3 is 0 Å². The Labute approximate surface area is 233 Å². The Bertz CT molecular complexity index is 1490. The Hall–Kier alpha value is -3.97. The highest BCUT2D eigenvalue weighted by molar-refractivity contribution is 6.52. The van der Waals surface area contributed by atoms with E-state index in [2.05, 4.69) is 0 Å². The monoisotopic (exact) mass is 549 g/mol. The number of nitrogens with zero attached hydrogens (tertiary/aromatic N) is 1. The number of benzene rings is 3. The maximum atomic E-state index is 13.7. The molecule has 0 spiro atoms. The molecule has 3 aromatic rings. The van der Waals surface area contributed by atoms with Crippen molar-refractivity contribution < 1.29 is 28.9 Å². The van der Waals surface area contributed by atoms with Gasteiger partial charge in [-0.15, -0.1) is 0 Å². The predicted octanol–water partition coefficient (Wildman–Crippen LogP) is 6.60. The molecule has 0 aromatic heterocycles. The van der Waals surface area contributed by atoms with E-state index in [-0.39, 0.29) is 16.7 Å². The molecule has 4 rings (SSSR count). The topological polar surface area (TPSA) is 85.3 Å². The van der Waals surface area contributed by atoms with Crippen LogP contribution in [0.15, 0.2) is 60.2 Å². The third-order valence-corrected chi connectivity index (χ3v) is 7.15. The van der Waals surface area contributed by atoms with Crippen molar-refractivity contribution in [1.82, 2.24) is 0 Å². The highest BCUT2D eigenvalue weighted by atomic mass is 35.5. The van der Waals surface area contributed by atoms with E-state index in [9.17, 15) is 14.7 Å². The van der Waals surface area contributed by atoms with Crippen molar-refractivity contribution in [3.63, 3.8) is 0 Å². The number of methoxy groups -OCH3 is 3. The fourth-order valence-electron chi connectivity index (χ4n) is 4.77. The third kappa shape index (κ3) is 5.06.